The molecule has 1 aromatic carbocycles. The van der Waals surface area contributed by atoms with Crippen molar-refractivity contribution < 1.29 is 9.53 Å². The van der Waals surface area contributed by atoms with E-state index in [9.17, 15) is 4.79 Å². The highest BCUT2D eigenvalue weighted by Crippen LogP contribution is 2.31. The third-order valence-corrected chi connectivity index (χ3v) is 2.20. The first-order chi connectivity index (χ1) is 6.18. The minimum atomic E-state index is -0.00176. The Bertz CT molecular complexity index is 360. The van der Waals surface area contributed by atoms with Gasteiger partial charge in [0.1, 0.15) is 5.75 Å². The van der Waals surface area contributed by atoms with Crippen LogP contribution >= 0.6 is 0 Å². The lowest BCUT2D eigenvalue weighted by atomic mass is 10.2. The van der Waals surface area contributed by atoms with E-state index in [1.54, 1.807) is 11.9 Å². The maximum absolute atomic E-state index is 11.3. The summed E-state index contributed by atoms with van der Waals surface area (Å²) in [5, 5.41) is 0. The Hall–Kier alpha value is -1.51. The van der Waals surface area contributed by atoms with E-state index in [0.29, 0.717) is 0 Å². The van der Waals surface area contributed by atoms with Crippen LogP contribution in [0.15, 0.2) is 18.2 Å². The van der Waals surface area contributed by atoms with Gasteiger partial charge in [-0.2, -0.15) is 0 Å². The van der Waals surface area contributed by atoms with Crippen LogP contribution in [0.25, 0.3) is 0 Å². The molecule has 3 nitrogen and oxygen atoms in total. The summed E-state index contributed by atoms with van der Waals surface area (Å²) in [6.07, 6.45) is 0. The van der Waals surface area contributed by atoms with E-state index in [-0.39, 0.29) is 12.5 Å². The molecule has 0 N–H and O–H groups in total. The Morgan fingerprint density at radius 2 is 2.23 bits per heavy atom. The van der Waals surface area contributed by atoms with Crippen LogP contribution in [-0.2, 0) is 4.79 Å². The molecule has 2 rings (SSSR count). The monoisotopic (exact) mass is 177 g/mol. The van der Waals surface area contributed by atoms with Gasteiger partial charge in [0.05, 0.1) is 5.69 Å². The fourth-order valence-corrected chi connectivity index (χ4v) is 1.38. The second kappa shape index (κ2) is 2.76. The zero-order chi connectivity index (χ0) is 9.42. The fraction of sp³-hybridized carbons (Fsp3) is 0.300. The second-order valence-electron chi connectivity index (χ2n) is 3.21. The lowest BCUT2D eigenvalue weighted by molar-refractivity contribution is -0.120. The van der Waals surface area contributed by atoms with Crippen molar-refractivity contribution in [2.75, 3.05) is 18.6 Å². The van der Waals surface area contributed by atoms with Gasteiger partial charge in [-0.05, 0) is 24.6 Å². The number of fused-ring (bicyclic) bond motifs is 1. The van der Waals surface area contributed by atoms with Gasteiger partial charge in [-0.3, -0.25) is 4.79 Å². The van der Waals surface area contributed by atoms with Crippen molar-refractivity contribution in [2.24, 2.45) is 0 Å². The highest BCUT2D eigenvalue weighted by Gasteiger charge is 2.21. The van der Waals surface area contributed by atoms with E-state index in [2.05, 4.69) is 0 Å². The number of hydrogen-bond donors (Lipinski definition) is 0. The molecule has 13 heavy (non-hydrogen) atoms. The van der Waals surface area contributed by atoms with Crippen LogP contribution in [0.5, 0.6) is 5.75 Å². The third kappa shape index (κ3) is 1.26. The van der Waals surface area contributed by atoms with Crippen LogP contribution in [0.1, 0.15) is 5.56 Å². The standard InChI is InChI=1S/C10H11NO2/c1-7-3-4-9-8(5-7)11(2)10(12)6-13-9/h3-5H,6H2,1-2H3. The maximum atomic E-state index is 11.3. The van der Waals surface area contributed by atoms with Gasteiger partial charge in [-0.15, -0.1) is 0 Å². The molecule has 0 atom stereocenters. The van der Waals surface area contributed by atoms with E-state index >= 15 is 0 Å². The van der Waals surface area contributed by atoms with Gasteiger partial charge in [0.15, 0.2) is 6.61 Å². The van der Waals surface area contributed by atoms with Crippen LogP contribution in [0.4, 0.5) is 5.69 Å². The van der Waals surface area contributed by atoms with E-state index in [0.717, 1.165) is 17.0 Å². The average molecular weight is 177 g/mol. The van der Waals surface area contributed by atoms with Gasteiger partial charge in [0.2, 0.25) is 0 Å². The zero-order valence-electron chi connectivity index (χ0n) is 7.70. The first-order valence-electron chi connectivity index (χ1n) is 4.18. The van der Waals surface area contributed by atoms with Crippen molar-refractivity contribution in [3.05, 3.63) is 23.8 Å². The molecular weight excluding hydrogens is 166 g/mol. The number of nitrogens with zero attached hydrogens (tertiary/aromatic N) is 1. The van der Waals surface area contributed by atoms with Crippen LogP contribution < -0.4 is 9.64 Å². The highest BCUT2D eigenvalue weighted by molar-refractivity contribution is 5.97. The molecule has 68 valence electrons. The minimum Gasteiger partial charge on any atom is -0.482 e. The topological polar surface area (TPSA) is 29.5 Å². The molecule has 1 aliphatic rings. The predicted octanol–water partition coefficient (Wildman–Crippen LogP) is 1.35. The molecule has 0 unspecified atom stereocenters. The van der Waals surface area contributed by atoms with Crippen molar-refractivity contribution in [2.45, 2.75) is 6.92 Å². The van der Waals surface area contributed by atoms with Gasteiger partial charge in [-0.1, -0.05) is 6.07 Å². The number of amides is 1. The summed E-state index contributed by atoms with van der Waals surface area (Å²) in [5.41, 5.74) is 1.99. The van der Waals surface area contributed by atoms with Gasteiger partial charge in [0.25, 0.3) is 5.91 Å². The number of rotatable bonds is 0. The van der Waals surface area contributed by atoms with Gasteiger partial charge >= 0.3 is 0 Å². The molecule has 1 aromatic rings. The molecule has 0 aliphatic carbocycles. The largest absolute Gasteiger partial charge is 0.482 e. The van der Waals surface area contributed by atoms with Crippen molar-refractivity contribution in [1.82, 2.24) is 0 Å². The van der Waals surface area contributed by atoms with Crippen LogP contribution in [0.2, 0.25) is 0 Å². The summed E-state index contributed by atoms with van der Waals surface area (Å²) in [6.45, 7) is 2.14. The average Bonchev–Trinajstić information content (AvgIpc) is 2.12. The number of benzene rings is 1. The van der Waals surface area contributed by atoms with Gasteiger partial charge < -0.3 is 9.64 Å². The minimum absolute atomic E-state index is 0.00176. The molecule has 3 heteroatoms. The number of likely N-dealkylation sites (N-methyl/N-ethyl adjacent to an activating group) is 1. The van der Waals surface area contributed by atoms with E-state index in [4.69, 9.17) is 4.74 Å². The quantitative estimate of drug-likeness (QED) is 0.598. The van der Waals surface area contributed by atoms with Gasteiger partial charge in [-0.25, -0.2) is 0 Å². The number of ether oxygens (including phenoxy) is 1. The number of carbonyl (C=O) groups is 1. The SMILES string of the molecule is Cc1ccc2c(c1)N(C)C(=O)CO2. The van der Waals surface area contributed by atoms with E-state index < -0.39 is 0 Å². The third-order valence-electron chi connectivity index (χ3n) is 2.20. The Morgan fingerprint density at radius 1 is 1.46 bits per heavy atom. The lowest BCUT2D eigenvalue weighted by Crippen LogP contribution is -2.35. The Morgan fingerprint density at radius 3 is 3.00 bits per heavy atom. The summed E-state index contributed by atoms with van der Waals surface area (Å²) in [5.74, 6) is 0.783. The molecule has 0 radical (unpaired) electrons. The molecule has 1 amide bonds. The molecule has 0 spiro atoms. The molecule has 0 saturated carbocycles. The predicted molar refractivity (Wildman–Crippen MR) is 50.1 cm³/mol. The summed E-state index contributed by atoms with van der Waals surface area (Å²) in [4.78, 5) is 12.9. The number of aryl methyl sites for hydroxylation is 1. The van der Waals surface area contributed by atoms with E-state index in [1.807, 2.05) is 25.1 Å². The normalized spacial score (nSPS) is 15.2. The number of hydrogen-bond acceptors (Lipinski definition) is 2. The van der Waals surface area contributed by atoms with E-state index in [1.165, 1.54) is 0 Å². The second-order valence-corrected chi connectivity index (χ2v) is 3.21. The van der Waals surface area contributed by atoms with Crippen molar-refractivity contribution in [3.8, 4) is 5.75 Å². The van der Waals surface area contributed by atoms with Crippen LogP contribution in [0.3, 0.4) is 0 Å². The number of anilines is 1. The summed E-state index contributed by atoms with van der Waals surface area (Å²) in [7, 11) is 1.77. The smallest absolute Gasteiger partial charge is 0.264 e. The molecule has 1 heterocycles. The van der Waals surface area contributed by atoms with Crippen molar-refractivity contribution in [1.29, 1.82) is 0 Å². The lowest BCUT2D eigenvalue weighted by Gasteiger charge is -2.25. The Labute approximate surface area is 76.9 Å². The molecule has 0 fully saturated rings. The molecule has 0 aromatic heterocycles. The summed E-state index contributed by atoms with van der Waals surface area (Å²) < 4.78 is 5.27. The zero-order valence-corrected chi connectivity index (χ0v) is 7.70. The number of carbonyl (C=O) groups excluding carboxylic acids is 1. The highest BCUT2D eigenvalue weighted by atomic mass is 16.5. The Balaban J connectivity index is 2.51. The van der Waals surface area contributed by atoms with Crippen molar-refractivity contribution >= 4 is 11.6 Å². The molecule has 0 bridgehead atoms. The van der Waals surface area contributed by atoms with Gasteiger partial charge in [0, 0.05) is 7.05 Å². The van der Waals surface area contributed by atoms with Crippen LogP contribution in [-0.4, -0.2) is 19.6 Å². The fourth-order valence-electron chi connectivity index (χ4n) is 1.38. The Kier molecular flexibility index (Phi) is 1.72. The van der Waals surface area contributed by atoms with Crippen LogP contribution in [0, 0.1) is 6.92 Å². The maximum Gasteiger partial charge on any atom is 0.264 e. The summed E-state index contributed by atoms with van der Waals surface area (Å²) in [6, 6.07) is 5.82. The molecule has 0 saturated heterocycles. The first kappa shape index (κ1) is 8.10. The molecule has 1 aliphatic heterocycles. The summed E-state index contributed by atoms with van der Waals surface area (Å²) >= 11 is 0. The van der Waals surface area contributed by atoms with Crippen molar-refractivity contribution in [3.63, 3.8) is 0 Å². The first-order valence-corrected chi connectivity index (χ1v) is 4.18. The molecular formula is C10H11NO2.